The minimum atomic E-state index is -0.240. The van der Waals surface area contributed by atoms with Crippen LogP contribution < -0.4 is 5.32 Å². The van der Waals surface area contributed by atoms with Gasteiger partial charge in [0.1, 0.15) is 5.76 Å². The number of hydrogen-bond donors (Lipinski definition) is 1. The first kappa shape index (κ1) is 14.7. The molecule has 0 radical (unpaired) electrons. The third kappa shape index (κ3) is 3.42. The van der Waals surface area contributed by atoms with Crippen LogP contribution in [-0.2, 0) is 6.54 Å². The van der Waals surface area contributed by atoms with Gasteiger partial charge in [0, 0.05) is 6.54 Å². The van der Waals surface area contributed by atoms with E-state index in [9.17, 15) is 4.79 Å². The molecule has 1 aromatic carbocycles. The number of benzene rings is 1. The number of carbonyl (C=O) groups excluding carboxylic acids is 1. The minimum Gasteiger partial charge on any atom is -0.454 e. The van der Waals surface area contributed by atoms with E-state index in [1.807, 2.05) is 13.8 Å². The second kappa shape index (κ2) is 6.14. The van der Waals surface area contributed by atoms with Crippen molar-refractivity contribution in [1.82, 2.24) is 5.32 Å². The van der Waals surface area contributed by atoms with Crippen molar-refractivity contribution in [2.75, 3.05) is 0 Å². The van der Waals surface area contributed by atoms with Crippen molar-refractivity contribution in [3.05, 3.63) is 58.5 Å². The monoisotopic (exact) mass is 291 g/mol. The first-order valence-electron chi connectivity index (χ1n) is 6.55. The van der Waals surface area contributed by atoms with Gasteiger partial charge in [-0.05, 0) is 44.0 Å². The number of hydrogen-bond acceptors (Lipinski definition) is 2. The van der Waals surface area contributed by atoms with Crippen molar-refractivity contribution >= 4 is 17.5 Å². The second-order valence-corrected chi connectivity index (χ2v) is 5.59. The summed E-state index contributed by atoms with van der Waals surface area (Å²) in [4.78, 5) is 12.0. The van der Waals surface area contributed by atoms with Crippen molar-refractivity contribution in [3.8, 4) is 0 Å². The Morgan fingerprint density at radius 1 is 1.30 bits per heavy atom. The molecule has 0 aliphatic heterocycles. The molecule has 0 saturated carbocycles. The molecule has 0 spiro atoms. The summed E-state index contributed by atoms with van der Waals surface area (Å²) < 4.78 is 5.41. The SMILES string of the molecule is Cc1ccc(C)c(CNC(=O)c2ccc(C(C)Cl)o2)c1. The number of carbonyl (C=O) groups is 1. The molecule has 0 fully saturated rings. The predicted molar refractivity (Wildman–Crippen MR) is 80.1 cm³/mol. The zero-order chi connectivity index (χ0) is 14.7. The van der Waals surface area contributed by atoms with Gasteiger partial charge in [0.2, 0.25) is 0 Å². The van der Waals surface area contributed by atoms with Gasteiger partial charge in [-0.2, -0.15) is 0 Å². The van der Waals surface area contributed by atoms with E-state index in [4.69, 9.17) is 16.0 Å². The molecule has 1 heterocycles. The van der Waals surface area contributed by atoms with Crippen LogP contribution in [-0.4, -0.2) is 5.91 Å². The van der Waals surface area contributed by atoms with Crippen LogP contribution in [0.2, 0.25) is 0 Å². The van der Waals surface area contributed by atoms with Crippen molar-refractivity contribution in [2.45, 2.75) is 32.7 Å². The van der Waals surface area contributed by atoms with Crippen LogP contribution in [0.5, 0.6) is 0 Å². The van der Waals surface area contributed by atoms with Crippen LogP contribution in [0.4, 0.5) is 0 Å². The zero-order valence-electron chi connectivity index (χ0n) is 11.9. The highest BCUT2D eigenvalue weighted by atomic mass is 35.5. The molecular weight excluding hydrogens is 274 g/mol. The highest BCUT2D eigenvalue weighted by molar-refractivity contribution is 6.20. The second-order valence-electron chi connectivity index (χ2n) is 4.93. The van der Waals surface area contributed by atoms with Gasteiger partial charge in [-0.15, -0.1) is 11.6 Å². The van der Waals surface area contributed by atoms with Gasteiger partial charge in [-0.25, -0.2) is 0 Å². The van der Waals surface area contributed by atoms with Crippen LogP contribution in [0.1, 0.15) is 45.3 Å². The van der Waals surface area contributed by atoms with Crippen LogP contribution in [0.15, 0.2) is 34.7 Å². The summed E-state index contributed by atoms with van der Waals surface area (Å²) in [7, 11) is 0. The predicted octanol–water partition coefficient (Wildman–Crippen LogP) is 4.13. The Labute approximate surface area is 123 Å². The van der Waals surface area contributed by atoms with Gasteiger partial charge in [-0.3, -0.25) is 4.79 Å². The summed E-state index contributed by atoms with van der Waals surface area (Å²) in [6, 6.07) is 9.56. The molecule has 1 amide bonds. The number of furan rings is 1. The molecule has 1 atom stereocenters. The summed E-state index contributed by atoms with van der Waals surface area (Å²) in [5.74, 6) is 0.663. The minimum absolute atomic E-state index is 0.227. The maximum absolute atomic E-state index is 12.0. The Hall–Kier alpha value is -1.74. The lowest BCUT2D eigenvalue weighted by Crippen LogP contribution is -2.22. The molecule has 106 valence electrons. The van der Waals surface area contributed by atoms with E-state index >= 15 is 0 Å². The van der Waals surface area contributed by atoms with Gasteiger partial charge in [0.25, 0.3) is 5.91 Å². The highest BCUT2D eigenvalue weighted by Crippen LogP contribution is 2.21. The molecule has 0 aliphatic rings. The molecule has 2 aromatic rings. The Morgan fingerprint density at radius 3 is 2.70 bits per heavy atom. The molecule has 20 heavy (non-hydrogen) atoms. The fourth-order valence-electron chi connectivity index (χ4n) is 1.94. The van der Waals surface area contributed by atoms with E-state index in [0.29, 0.717) is 12.3 Å². The van der Waals surface area contributed by atoms with E-state index in [2.05, 4.69) is 23.5 Å². The number of aryl methyl sites for hydroxylation is 2. The molecule has 4 heteroatoms. The number of amides is 1. The molecule has 1 aromatic heterocycles. The van der Waals surface area contributed by atoms with E-state index in [1.54, 1.807) is 19.1 Å². The quantitative estimate of drug-likeness (QED) is 0.861. The maximum atomic E-state index is 12.0. The lowest BCUT2D eigenvalue weighted by Gasteiger charge is -2.08. The van der Waals surface area contributed by atoms with Crippen LogP contribution in [0, 0.1) is 13.8 Å². The van der Waals surface area contributed by atoms with Gasteiger partial charge in [0.05, 0.1) is 5.38 Å². The van der Waals surface area contributed by atoms with E-state index in [0.717, 1.165) is 11.1 Å². The lowest BCUT2D eigenvalue weighted by molar-refractivity contribution is 0.0921. The van der Waals surface area contributed by atoms with Crippen LogP contribution in [0.3, 0.4) is 0 Å². The topological polar surface area (TPSA) is 42.2 Å². The third-order valence-electron chi connectivity index (χ3n) is 3.19. The van der Waals surface area contributed by atoms with Crippen LogP contribution in [0.25, 0.3) is 0 Å². The van der Waals surface area contributed by atoms with Gasteiger partial charge < -0.3 is 9.73 Å². The van der Waals surface area contributed by atoms with Gasteiger partial charge in [-0.1, -0.05) is 23.8 Å². The average Bonchev–Trinajstić information content (AvgIpc) is 2.89. The molecule has 2 rings (SSSR count). The van der Waals surface area contributed by atoms with Crippen LogP contribution >= 0.6 is 11.6 Å². The van der Waals surface area contributed by atoms with E-state index in [-0.39, 0.29) is 17.0 Å². The fraction of sp³-hybridized carbons (Fsp3) is 0.312. The summed E-state index contributed by atoms with van der Waals surface area (Å²) in [5, 5.41) is 2.62. The summed E-state index contributed by atoms with van der Waals surface area (Å²) in [5.41, 5.74) is 3.44. The lowest BCUT2D eigenvalue weighted by atomic mass is 10.1. The Bertz CT molecular complexity index is 617. The largest absolute Gasteiger partial charge is 0.454 e. The fourth-order valence-corrected chi connectivity index (χ4v) is 2.06. The summed E-state index contributed by atoms with van der Waals surface area (Å²) >= 11 is 5.91. The summed E-state index contributed by atoms with van der Waals surface area (Å²) in [6.45, 7) is 6.35. The van der Waals surface area contributed by atoms with Crippen molar-refractivity contribution in [2.24, 2.45) is 0 Å². The summed E-state index contributed by atoms with van der Waals surface area (Å²) in [6.07, 6.45) is 0. The molecule has 1 N–H and O–H groups in total. The Kier molecular flexibility index (Phi) is 4.50. The Balaban J connectivity index is 2.02. The number of alkyl halides is 1. The smallest absolute Gasteiger partial charge is 0.287 e. The normalized spacial score (nSPS) is 12.2. The number of halogens is 1. The van der Waals surface area contributed by atoms with Gasteiger partial charge >= 0.3 is 0 Å². The zero-order valence-corrected chi connectivity index (χ0v) is 12.6. The molecular formula is C16H18ClNO2. The molecule has 0 aliphatic carbocycles. The van der Waals surface area contributed by atoms with Gasteiger partial charge in [0.15, 0.2) is 5.76 Å². The maximum Gasteiger partial charge on any atom is 0.287 e. The van der Waals surface area contributed by atoms with Crippen molar-refractivity contribution in [3.63, 3.8) is 0 Å². The first-order chi connectivity index (χ1) is 9.47. The third-order valence-corrected chi connectivity index (χ3v) is 3.40. The number of rotatable bonds is 4. The highest BCUT2D eigenvalue weighted by Gasteiger charge is 2.13. The van der Waals surface area contributed by atoms with E-state index in [1.165, 1.54) is 5.56 Å². The molecule has 3 nitrogen and oxygen atoms in total. The molecule has 1 unspecified atom stereocenters. The number of nitrogens with one attached hydrogen (secondary N) is 1. The standard InChI is InChI=1S/C16H18ClNO2/c1-10-4-5-11(2)13(8-10)9-18-16(19)15-7-6-14(20-15)12(3)17/h4-8,12H,9H2,1-3H3,(H,18,19). The van der Waals surface area contributed by atoms with Crippen molar-refractivity contribution < 1.29 is 9.21 Å². The van der Waals surface area contributed by atoms with Crippen molar-refractivity contribution in [1.29, 1.82) is 0 Å². The molecule has 0 saturated heterocycles. The van der Waals surface area contributed by atoms with E-state index < -0.39 is 0 Å². The first-order valence-corrected chi connectivity index (χ1v) is 6.99. The molecule has 0 bridgehead atoms. The average molecular weight is 292 g/mol. The Morgan fingerprint density at radius 2 is 2.05 bits per heavy atom.